The minimum Gasteiger partial charge on any atom is -0.345 e. The molecule has 0 saturated carbocycles. The van der Waals surface area contributed by atoms with Crippen molar-refractivity contribution in [1.29, 1.82) is 0 Å². The lowest BCUT2D eigenvalue weighted by atomic mass is 9.97. The Labute approximate surface area is 130 Å². The van der Waals surface area contributed by atoms with Crippen LogP contribution in [0.1, 0.15) is 18.4 Å². The summed E-state index contributed by atoms with van der Waals surface area (Å²) in [5, 5.41) is 4.36. The first kappa shape index (κ1) is 15.6. The van der Waals surface area contributed by atoms with Gasteiger partial charge < -0.3 is 10.2 Å². The Hall–Kier alpha value is -0.770. The van der Waals surface area contributed by atoms with E-state index in [0.717, 1.165) is 38.0 Å². The van der Waals surface area contributed by atoms with Crippen molar-refractivity contribution in [2.45, 2.75) is 19.3 Å². The summed E-state index contributed by atoms with van der Waals surface area (Å²) in [4.78, 5) is 14.0. The molecule has 1 aliphatic heterocycles. The number of likely N-dealkylation sites (N-methyl/N-ethyl adjacent to an activating group) is 1. The molecule has 1 fully saturated rings. The zero-order valence-corrected chi connectivity index (χ0v) is 13.2. The van der Waals surface area contributed by atoms with Crippen LogP contribution in [0.4, 0.5) is 0 Å². The second-order valence-electron chi connectivity index (χ2n) is 5.39. The van der Waals surface area contributed by atoms with Gasteiger partial charge in [-0.2, -0.15) is 0 Å². The normalized spacial score (nSPS) is 16.1. The highest BCUT2D eigenvalue weighted by Crippen LogP contribution is 2.23. The van der Waals surface area contributed by atoms with Crippen LogP contribution >= 0.6 is 23.2 Å². The Balaban J connectivity index is 1.88. The third kappa shape index (κ3) is 4.37. The molecule has 1 saturated heterocycles. The summed E-state index contributed by atoms with van der Waals surface area (Å²) in [5.74, 6) is 0.737. The smallest absolute Gasteiger partial charge is 0.226 e. The molecule has 3 nitrogen and oxygen atoms in total. The Morgan fingerprint density at radius 2 is 2.00 bits per heavy atom. The van der Waals surface area contributed by atoms with Crippen molar-refractivity contribution in [3.05, 3.63) is 33.8 Å². The number of piperidine rings is 1. The van der Waals surface area contributed by atoms with Gasteiger partial charge in [0.2, 0.25) is 5.91 Å². The van der Waals surface area contributed by atoms with Crippen molar-refractivity contribution in [1.82, 2.24) is 10.2 Å². The maximum Gasteiger partial charge on any atom is 0.226 e. The van der Waals surface area contributed by atoms with E-state index in [1.165, 1.54) is 0 Å². The summed E-state index contributed by atoms with van der Waals surface area (Å²) in [6.45, 7) is 2.95. The predicted molar refractivity (Wildman–Crippen MR) is 83.4 cm³/mol. The number of nitrogens with one attached hydrogen (secondary N) is 1. The van der Waals surface area contributed by atoms with Gasteiger partial charge in [-0.15, -0.1) is 0 Å². The van der Waals surface area contributed by atoms with Gasteiger partial charge in [-0.25, -0.2) is 0 Å². The number of benzene rings is 1. The molecule has 0 aromatic heterocycles. The summed E-state index contributed by atoms with van der Waals surface area (Å²) >= 11 is 11.8. The van der Waals surface area contributed by atoms with Crippen LogP contribution in [0.5, 0.6) is 0 Å². The molecule has 0 spiro atoms. The molecule has 1 amide bonds. The lowest BCUT2D eigenvalue weighted by Gasteiger charge is -2.27. The molecule has 2 rings (SSSR count). The fourth-order valence-corrected chi connectivity index (χ4v) is 2.83. The van der Waals surface area contributed by atoms with Gasteiger partial charge in [0, 0.05) is 13.6 Å². The largest absolute Gasteiger partial charge is 0.345 e. The van der Waals surface area contributed by atoms with Crippen molar-refractivity contribution in [3.8, 4) is 0 Å². The van der Waals surface area contributed by atoms with Crippen molar-refractivity contribution in [2.24, 2.45) is 5.92 Å². The van der Waals surface area contributed by atoms with Crippen LogP contribution in [0.15, 0.2) is 18.2 Å². The van der Waals surface area contributed by atoms with Gasteiger partial charge in [0.15, 0.2) is 0 Å². The van der Waals surface area contributed by atoms with E-state index >= 15 is 0 Å². The van der Waals surface area contributed by atoms with E-state index in [1.54, 1.807) is 12.1 Å². The topological polar surface area (TPSA) is 32.3 Å². The van der Waals surface area contributed by atoms with Gasteiger partial charge in [-0.05, 0) is 49.5 Å². The number of halogens is 2. The van der Waals surface area contributed by atoms with Crippen LogP contribution in [0.25, 0.3) is 0 Å². The van der Waals surface area contributed by atoms with E-state index < -0.39 is 0 Å². The van der Waals surface area contributed by atoms with Crippen molar-refractivity contribution in [2.75, 3.05) is 26.7 Å². The standard InChI is InChI=1S/C15H20Cl2N2O/c1-19(10-11-4-6-18-7-5-11)15(20)9-12-2-3-13(16)14(17)8-12/h2-3,8,11,18H,4-7,9-10H2,1H3. The van der Waals surface area contributed by atoms with Gasteiger partial charge >= 0.3 is 0 Å². The second-order valence-corrected chi connectivity index (χ2v) is 6.21. The Morgan fingerprint density at radius 1 is 1.30 bits per heavy atom. The average Bonchev–Trinajstić information content (AvgIpc) is 2.44. The molecule has 1 heterocycles. The predicted octanol–water partition coefficient (Wildman–Crippen LogP) is 2.99. The SMILES string of the molecule is CN(CC1CCNCC1)C(=O)Cc1ccc(Cl)c(Cl)c1. The molecule has 1 N–H and O–H groups in total. The maximum atomic E-state index is 12.2. The summed E-state index contributed by atoms with van der Waals surface area (Å²) in [6.07, 6.45) is 2.66. The van der Waals surface area contributed by atoms with E-state index in [1.807, 2.05) is 18.0 Å². The first-order chi connectivity index (χ1) is 9.56. The van der Waals surface area contributed by atoms with Crippen LogP contribution < -0.4 is 5.32 Å². The first-order valence-electron chi connectivity index (χ1n) is 6.95. The number of rotatable bonds is 4. The third-order valence-corrected chi connectivity index (χ3v) is 4.49. The molecule has 110 valence electrons. The van der Waals surface area contributed by atoms with E-state index in [2.05, 4.69) is 5.32 Å². The summed E-state index contributed by atoms with van der Waals surface area (Å²) in [7, 11) is 1.88. The molecule has 1 aliphatic rings. The van der Waals surface area contributed by atoms with E-state index in [9.17, 15) is 4.79 Å². The second kappa shape index (κ2) is 7.30. The maximum absolute atomic E-state index is 12.2. The van der Waals surface area contributed by atoms with E-state index in [0.29, 0.717) is 22.4 Å². The molecule has 0 atom stereocenters. The average molecular weight is 315 g/mol. The van der Waals surface area contributed by atoms with E-state index in [-0.39, 0.29) is 5.91 Å². The number of hydrogen-bond acceptors (Lipinski definition) is 2. The minimum atomic E-state index is 0.127. The lowest BCUT2D eigenvalue weighted by molar-refractivity contribution is -0.129. The van der Waals surface area contributed by atoms with Crippen LogP contribution in [0.2, 0.25) is 10.0 Å². The van der Waals surface area contributed by atoms with Crippen molar-refractivity contribution < 1.29 is 4.79 Å². The molecule has 1 aromatic carbocycles. The zero-order chi connectivity index (χ0) is 14.5. The van der Waals surface area contributed by atoms with Crippen molar-refractivity contribution in [3.63, 3.8) is 0 Å². The lowest BCUT2D eigenvalue weighted by Crippen LogP contribution is -2.37. The highest BCUT2D eigenvalue weighted by molar-refractivity contribution is 6.42. The van der Waals surface area contributed by atoms with Gasteiger partial charge in [0.25, 0.3) is 0 Å². The minimum absolute atomic E-state index is 0.127. The number of nitrogens with zero attached hydrogens (tertiary/aromatic N) is 1. The van der Waals surface area contributed by atoms with E-state index in [4.69, 9.17) is 23.2 Å². The van der Waals surface area contributed by atoms with Crippen LogP contribution in [0.3, 0.4) is 0 Å². The molecule has 0 bridgehead atoms. The summed E-state index contributed by atoms with van der Waals surface area (Å²) in [5.41, 5.74) is 0.904. The Morgan fingerprint density at radius 3 is 2.65 bits per heavy atom. The molecule has 5 heteroatoms. The molecule has 20 heavy (non-hydrogen) atoms. The Bertz CT molecular complexity index is 473. The fourth-order valence-electron chi connectivity index (χ4n) is 2.51. The number of hydrogen-bond donors (Lipinski definition) is 1. The molecule has 0 aliphatic carbocycles. The van der Waals surface area contributed by atoms with Gasteiger partial charge in [-0.3, -0.25) is 4.79 Å². The number of amides is 1. The quantitative estimate of drug-likeness (QED) is 0.926. The number of carbonyl (C=O) groups excluding carboxylic acids is 1. The fraction of sp³-hybridized carbons (Fsp3) is 0.533. The van der Waals surface area contributed by atoms with Crippen LogP contribution in [-0.4, -0.2) is 37.5 Å². The van der Waals surface area contributed by atoms with Gasteiger partial charge in [0.1, 0.15) is 0 Å². The van der Waals surface area contributed by atoms with Gasteiger partial charge in [0.05, 0.1) is 16.5 Å². The highest BCUT2D eigenvalue weighted by atomic mass is 35.5. The number of carbonyl (C=O) groups is 1. The van der Waals surface area contributed by atoms with Crippen LogP contribution in [-0.2, 0) is 11.2 Å². The molecule has 0 radical (unpaired) electrons. The summed E-state index contributed by atoms with van der Waals surface area (Å²) < 4.78 is 0. The third-order valence-electron chi connectivity index (χ3n) is 3.76. The van der Waals surface area contributed by atoms with Crippen LogP contribution in [0, 0.1) is 5.92 Å². The molecular weight excluding hydrogens is 295 g/mol. The summed E-state index contributed by atoms with van der Waals surface area (Å²) in [6, 6.07) is 5.35. The first-order valence-corrected chi connectivity index (χ1v) is 7.70. The highest BCUT2D eigenvalue weighted by Gasteiger charge is 2.18. The van der Waals surface area contributed by atoms with Crippen molar-refractivity contribution >= 4 is 29.1 Å². The molecular formula is C15H20Cl2N2O. The van der Waals surface area contributed by atoms with Gasteiger partial charge in [-0.1, -0.05) is 29.3 Å². The zero-order valence-electron chi connectivity index (χ0n) is 11.7. The molecule has 0 unspecified atom stereocenters. The monoisotopic (exact) mass is 314 g/mol. The Kier molecular flexibility index (Phi) is 5.70. The molecule has 1 aromatic rings.